The van der Waals surface area contributed by atoms with Crippen LogP contribution in [-0.2, 0) is 6.42 Å². The summed E-state index contributed by atoms with van der Waals surface area (Å²) in [6.07, 6.45) is 8.10. The second-order valence-electron chi connectivity index (χ2n) is 4.13. The Morgan fingerprint density at radius 1 is 1.38 bits per heavy atom. The molecular weight excluding hydrogens is 218 g/mol. The van der Waals surface area contributed by atoms with Crippen LogP contribution in [0.5, 0.6) is 0 Å². The van der Waals surface area contributed by atoms with E-state index in [1.165, 1.54) is 36.3 Å². The molecule has 1 heterocycles. The predicted octanol–water partition coefficient (Wildman–Crippen LogP) is 3.12. The van der Waals surface area contributed by atoms with Gasteiger partial charge in [-0.3, -0.25) is 0 Å². The highest BCUT2D eigenvalue weighted by Gasteiger charge is 2.19. The fraction of sp³-hybridized carbons (Fsp3) is 0.667. The molecule has 0 unspecified atom stereocenters. The summed E-state index contributed by atoms with van der Waals surface area (Å²) in [5, 5.41) is 5.09. The van der Waals surface area contributed by atoms with Gasteiger partial charge in [-0.2, -0.15) is 0 Å². The van der Waals surface area contributed by atoms with Gasteiger partial charge in [0.25, 0.3) is 0 Å². The van der Waals surface area contributed by atoms with Crippen LogP contribution >= 0.6 is 11.8 Å². The Hall–Kier alpha value is -0.770. The molecule has 4 heteroatoms. The molecule has 2 rings (SSSR count). The Kier molecular flexibility index (Phi) is 4.04. The third kappa shape index (κ3) is 2.48. The van der Waals surface area contributed by atoms with Gasteiger partial charge >= 0.3 is 0 Å². The van der Waals surface area contributed by atoms with Crippen molar-refractivity contribution in [1.29, 1.82) is 0 Å². The molecule has 3 nitrogen and oxygen atoms in total. The molecule has 0 amide bonds. The first kappa shape index (κ1) is 11.7. The molecule has 1 aliphatic rings. The zero-order chi connectivity index (χ0) is 11.4. The summed E-state index contributed by atoms with van der Waals surface area (Å²) in [5.74, 6) is 0.984. The van der Waals surface area contributed by atoms with Crippen molar-refractivity contribution in [2.45, 2.75) is 49.3 Å². The maximum Gasteiger partial charge on any atom is 0.133 e. The standard InChI is InChI=1S/C12H19N3S/c1-3-10-11(13-2)14-8-15-12(10)16-9-6-4-5-7-9/h8-9H,3-7H2,1-2H3,(H,13,14,15). The van der Waals surface area contributed by atoms with Crippen LogP contribution in [0.1, 0.15) is 38.2 Å². The smallest absolute Gasteiger partial charge is 0.133 e. The molecule has 88 valence electrons. The van der Waals surface area contributed by atoms with Gasteiger partial charge in [-0.05, 0) is 19.3 Å². The molecular formula is C12H19N3S. The molecule has 1 aromatic heterocycles. The highest BCUT2D eigenvalue weighted by molar-refractivity contribution is 7.99. The quantitative estimate of drug-likeness (QED) is 0.817. The molecule has 0 radical (unpaired) electrons. The number of nitrogens with zero attached hydrogens (tertiary/aromatic N) is 2. The van der Waals surface area contributed by atoms with Crippen molar-refractivity contribution in [1.82, 2.24) is 9.97 Å². The van der Waals surface area contributed by atoms with Gasteiger partial charge in [0.05, 0.1) is 0 Å². The van der Waals surface area contributed by atoms with Crippen molar-refractivity contribution in [3.05, 3.63) is 11.9 Å². The molecule has 1 aromatic rings. The molecule has 1 saturated carbocycles. The van der Waals surface area contributed by atoms with Crippen molar-refractivity contribution < 1.29 is 0 Å². The minimum absolute atomic E-state index is 0.768. The summed E-state index contributed by atoms with van der Waals surface area (Å²) < 4.78 is 0. The van der Waals surface area contributed by atoms with Crippen LogP contribution in [0, 0.1) is 0 Å². The Bertz CT molecular complexity index is 348. The van der Waals surface area contributed by atoms with E-state index in [9.17, 15) is 0 Å². The molecule has 0 bridgehead atoms. The number of nitrogens with one attached hydrogen (secondary N) is 1. The van der Waals surface area contributed by atoms with Gasteiger partial charge in [0, 0.05) is 17.9 Å². The van der Waals surface area contributed by atoms with E-state index in [2.05, 4.69) is 22.2 Å². The first-order chi connectivity index (χ1) is 7.85. The zero-order valence-corrected chi connectivity index (χ0v) is 10.8. The van der Waals surface area contributed by atoms with E-state index < -0.39 is 0 Å². The van der Waals surface area contributed by atoms with Crippen LogP contribution in [0.4, 0.5) is 5.82 Å². The fourth-order valence-electron chi connectivity index (χ4n) is 2.20. The van der Waals surface area contributed by atoms with E-state index in [0.717, 1.165) is 17.5 Å². The monoisotopic (exact) mass is 237 g/mol. The summed E-state index contributed by atoms with van der Waals surface area (Å²) in [7, 11) is 1.92. The van der Waals surface area contributed by atoms with E-state index in [-0.39, 0.29) is 0 Å². The maximum absolute atomic E-state index is 4.43. The van der Waals surface area contributed by atoms with Crippen molar-refractivity contribution in [3.8, 4) is 0 Å². The molecule has 1 aliphatic carbocycles. The van der Waals surface area contributed by atoms with Crippen molar-refractivity contribution in [2.75, 3.05) is 12.4 Å². The molecule has 0 aliphatic heterocycles. The number of rotatable bonds is 4. The average Bonchev–Trinajstić information content (AvgIpc) is 2.81. The summed E-state index contributed by atoms with van der Waals surface area (Å²) in [6, 6.07) is 0. The lowest BCUT2D eigenvalue weighted by molar-refractivity contribution is 0.886. The molecule has 0 spiro atoms. The molecule has 0 aromatic carbocycles. The lowest BCUT2D eigenvalue weighted by atomic mass is 10.2. The first-order valence-electron chi connectivity index (χ1n) is 6.03. The molecule has 1 fully saturated rings. The van der Waals surface area contributed by atoms with E-state index >= 15 is 0 Å². The Morgan fingerprint density at radius 3 is 2.75 bits per heavy atom. The van der Waals surface area contributed by atoms with Crippen LogP contribution in [0.3, 0.4) is 0 Å². The highest BCUT2D eigenvalue weighted by atomic mass is 32.2. The van der Waals surface area contributed by atoms with E-state index in [1.54, 1.807) is 6.33 Å². The Balaban J connectivity index is 2.18. The third-order valence-electron chi connectivity index (χ3n) is 3.08. The highest BCUT2D eigenvalue weighted by Crippen LogP contribution is 2.36. The van der Waals surface area contributed by atoms with E-state index in [0.29, 0.717) is 0 Å². The van der Waals surface area contributed by atoms with Crippen LogP contribution in [0.25, 0.3) is 0 Å². The SMILES string of the molecule is CCc1c(NC)ncnc1SC1CCCC1. The van der Waals surface area contributed by atoms with Gasteiger partial charge < -0.3 is 5.32 Å². The Labute approximate surface area is 101 Å². The minimum atomic E-state index is 0.768. The van der Waals surface area contributed by atoms with Gasteiger partial charge in [0.15, 0.2) is 0 Å². The third-order valence-corrected chi connectivity index (χ3v) is 4.46. The van der Waals surface area contributed by atoms with Gasteiger partial charge in [0.2, 0.25) is 0 Å². The predicted molar refractivity (Wildman–Crippen MR) is 69.1 cm³/mol. The maximum atomic E-state index is 4.43. The van der Waals surface area contributed by atoms with E-state index in [1.807, 2.05) is 18.8 Å². The van der Waals surface area contributed by atoms with Crippen molar-refractivity contribution in [2.24, 2.45) is 0 Å². The summed E-state index contributed by atoms with van der Waals surface area (Å²) in [6.45, 7) is 2.16. The van der Waals surface area contributed by atoms with Crippen molar-refractivity contribution in [3.63, 3.8) is 0 Å². The second-order valence-corrected chi connectivity index (χ2v) is 5.42. The Morgan fingerprint density at radius 2 is 2.12 bits per heavy atom. The number of hydrogen-bond acceptors (Lipinski definition) is 4. The van der Waals surface area contributed by atoms with Crippen molar-refractivity contribution >= 4 is 17.6 Å². The molecule has 16 heavy (non-hydrogen) atoms. The van der Waals surface area contributed by atoms with Gasteiger partial charge in [-0.25, -0.2) is 9.97 Å². The topological polar surface area (TPSA) is 37.8 Å². The largest absolute Gasteiger partial charge is 0.373 e. The molecule has 0 saturated heterocycles. The number of thioether (sulfide) groups is 1. The fourth-order valence-corrected chi connectivity index (χ4v) is 3.57. The van der Waals surface area contributed by atoms with Gasteiger partial charge in [-0.1, -0.05) is 19.8 Å². The van der Waals surface area contributed by atoms with Crippen LogP contribution in [0.15, 0.2) is 11.4 Å². The zero-order valence-electron chi connectivity index (χ0n) is 9.99. The van der Waals surface area contributed by atoms with Gasteiger partial charge in [-0.15, -0.1) is 11.8 Å². The number of aromatic nitrogens is 2. The van der Waals surface area contributed by atoms with Crippen LogP contribution in [0.2, 0.25) is 0 Å². The number of hydrogen-bond donors (Lipinski definition) is 1. The molecule has 0 atom stereocenters. The average molecular weight is 237 g/mol. The first-order valence-corrected chi connectivity index (χ1v) is 6.91. The lowest BCUT2D eigenvalue weighted by Gasteiger charge is -2.13. The molecule has 1 N–H and O–H groups in total. The van der Waals surface area contributed by atoms with Crippen LogP contribution < -0.4 is 5.32 Å². The summed E-state index contributed by atoms with van der Waals surface area (Å²) in [4.78, 5) is 8.70. The lowest BCUT2D eigenvalue weighted by Crippen LogP contribution is -2.04. The minimum Gasteiger partial charge on any atom is -0.373 e. The normalized spacial score (nSPS) is 16.6. The van der Waals surface area contributed by atoms with Gasteiger partial charge in [0.1, 0.15) is 17.2 Å². The van der Waals surface area contributed by atoms with Crippen LogP contribution in [-0.4, -0.2) is 22.3 Å². The summed E-state index contributed by atoms with van der Waals surface area (Å²) in [5.41, 5.74) is 1.27. The summed E-state index contributed by atoms with van der Waals surface area (Å²) >= 11 is 1.94. The van der Waals surface area contributed by atoms with E-state index in [4.69, 9.17) is 0 Å². The second kappa shape index (κ2) is 5.53. The number of anilines is 1.